The van der Waals surface area contributed by atoms with Crippen LogP contribution >= 0.6 is 22.6 Å². The molecule has 4 N–H and O–H groups in total. The number of hydrazone groups is 1. The molecule has 3 aromatic carbocycles. The third-order valence-corrected chi connectivity index (χ3v) is 7.75. The normalized spacial score (nSPS) is 15.0. The molecule has 3 aromatic rings. The number of nitrogens with one attached hydrogen (secondary N) is 3. The lowest BCUT2D eigenvalue weighted by atomic mass is 9.95. The van der Waals surface area contributed by atoms with Gasteiger partial charge in [-0.25, -0.2) is 9.59 Å². The van der Waals surface area contributed by atoms with Crippen LogP contribution in [-0.2, 0) is 16.1 Å². The highest BCUT2D eigenvalue weighted by Gasteiger charge is 2.32. The topological polar surface area (TPSA) is 149 Å². The zero-order valence-electron chi connectivity index (χ0n) is 26.9. The summed E-state index contributed by atoms with van der Waals surface area (Å²) in [5, 5.41) is 20.1. The van der Waals surface area contributed by atoms with E-state index in [4.69, 9.17) is 23.7 Å². The largest absolute Gasteiger partial charge is 0.490 e. The van der Waals surface area contributed by atoms with Crippen molar-refractivity contribution in [2.45, 2.75) is 46.6 Å². The second-order valence-electron chi connectivity index (χ2n) is 10.5. The number of nitrogens with zero attached hydrogens (tertiary/aromatic N) is 1. The Bertz CT molecular complexity index is 1630. The Hall–Kier alpha value is -4.50. The highest BCUT2D eigenvalue weighted by Crippen LogP contribution is 2.36. The summed E-state index contributed by atoms with van der Waals surface area (Å²) < 4.78 is 29.4. The summed E-state index contributed by atoms with van der Waals surface area (Å²) in [6.45, 7) is 8.45. The van der Waals surface area contributed by atoms with E-state index in [9.17, 15) is 14.7 Å². The monoisotopic (exact) mass is 758 g/mol. The van der Waals surface area contributed by atoms with Gasteiger partial charge in [-0.2, -0.15) is 5.10 Å². The molecule has 0 saturated carbocycles. The van der Waals surface area contributed by atoms with Crippen LogP contribution in [-0.4, -0.2) is 56.5 Å². The number of ether oxygens (including phenoxy) is 5. The number of aliphatic hydroxyl groups is 1. The average molecular weight is 759 g/mol. The van der Waals surface area contributed by atoms with Gasteiger partial charge in [-0.15, -0.1) is 0 Å². The number of rotatable bonds is 15. The standard InChI is InChI=1S/C34H39IN4O8/c1-6-44-27-16-24(31-30(33(41)43-5)21(4)37-34(42)38-31)12-13-26(27)46-19-29(40)39-36-17-23-14-25(35)32(28(15-23)45-7-2)47-18-22-10-8-20(3)9-11-22/h8-17,29,31,39-40H,6-7,18-19H2,1-5H3,(H2,37,38,42)/b36-17-/t29-,31+/m1/s1. The quantitative estimate of drug-likeness (QED) is 0.0547. The van der Waals surface area contributed by atoms with Gasteiger partial charge in [-0.1, -0.05) is 35.9 Å². The fraction of sp³-hybridized carbons (Fsp3) is 0.324. The summed E-state index contributed by atoms with van der Waals surface area (Å²) in [4.78, 5) is 24.7. The van der Waals surface area contributed by atoms with E-state index in [1.54, 1.807) is 31.3 Å². The molecular weight excluding hydrogens is 719 g/mol. The summed E-state index contributed by atoms with van der Waals surface area (Å²) in [7, 11) is 1.28. The number of esters is 1. The fourth-order valence-corrected chi connectivity index (χ4v) is 5.51. The molecule has 4 rings (SSSR count). The van der Waals surface area contributed by atoms with Crippen LogP contribution in [0.2, 0.25) is 0 Å². The number of methoxy groups -OCH3 is 1. The molecule has 0 radical (unpaired) electrons. The summed E-state index contributed by atoms with van der Waals surface area (Å²) >= 11 is 2.20. The third-order valence-electron chi connectivity index (χ3n) is 6.94. The van der Waals surface area contributed by atoms with Crippen LogP contribution < -0.4 is 35.0 Å². The van der Waals surface area contributed by atoms with Gasteiger partial charge in [0.15, 0.2) is 29.2 Å². The van der Waals surface area contributed by atoms with E-state index in [0.29, 0.717) is 54.1 Å². The molecule has 13 heteroatoms. The fourth-order valence-electron chi connectivity index (χ4n) is 4.73. The number of halogens is 1. The number of urea groups is 1. The van der Waals surface area contributed by atoms with Gasteiger partial charge in [0.05, 0.1) is 41.7 Å². The number of aryl methyl sites for hydroxylation is 1. The molecule has 0 bridgehead atoms. The van der Waals surface area contributed by atoms with Crippen molar-refractivity contribution in [3.05, 3.63) is 91.7 Å². The molecular formula is C34H39IN4O8. The van der Waals surface area contributed by atoms with Crippen LogP contribution in [0.25, 0.3) is 0 Å². The molecule has 2 amide bonds. The van der Waals surface area contributed by atoms with E-state index in [2.05, 4.69) is 43.8 Å². The summed E-state index contributed by atoms with van der Waals surface area (Å²) in [6, 6.07) is 15.7. The molecule has 0 saturated heterocycles. The first-order valence-corrected chi connectivity index (χ1v) is 16.1. The minimum atomic E-state index is -1.15. The maximum Gasteiger partial charge on any atom is 0.337 e. The van der Waals surface area contributed by atoms with Crippen LogP contribution in [0.3, 0.4) is 0 Å². The molecule has 1 aliphatic rings. The Morgan fingerprint density at radius 1 is 1.00 bits per heavy atom. The SMILES string of the molecule is CCOc1cc([C@@H]2NC(=O)NC(C)=C2C(=O)OC)ccc1OC[C@@H](O)N/N=C\c1cc(I)c(OCc2ccc(C)cc2)c(OCC)c1. The first kappa shape index (κ1) is 35.4. The van der Waals surface area contributed by atoms with Crippen molar-refractivity contribution in [1.82, 2.24) is 16.1 Å². The second kappa shape index (κ2) is 16.9. The van der Waals surface area contributed by atoms with E-state index < -0.39 is 24.3 Å². The summed E-state index contributed by atoms with van der Waals surface area (Å²) in [5.74, 6) is 1.41. The Morgan fingerprint density at radius 2 is 1.72 bits per heavy atom. The number of hydrogen-bond acceptors (Lipinski definition) is 10. The Labute approximate surface area is 287 Å². The molecule has 47 heavy (non-hydrogen) atoms. The van der Waals surface area contributed by atoms with Crippen molar-refractivity contribution in [2.75, 3.05) is 26.9 Å². The Kier molecular flexibility index (Phi) is 12.7. The van der Waals surface area contributed by atoms with E-state index >= 15 is 0 Å². The molecule has 1 heterocycles. The van der Waals surface area contributed by atoms with Gasteiger partial charge in [-0.05, 0) is 91.2 Å². The van der Waals surface area contributed by atoms with E-state index in [1.807, 2.05) is 57.2 Å². The zero-order valence-corrected chi connectivity index (χ0v) is 29.0. The molecule has 0 aromatic heterocycles. The number of amides is 2. The number of carbonyl (C=O) groups is 2. The molecule has 0 fully saturated rings. The summed E-state index contributed by atoms with van der Waals surface area (Å²) in [5.41, 5.74) is 6.90. The Balaban J connectivity index is 1.40. The maximum atomic E-state index is 12.5. The van der Waals surface area contributed by atoms with Crippen molar-refractivity contribution >= 4 is 40.8 Å². The smallest absolute Gasteiger partial charge is 0.337 e. The van der Waals surface area contributed by atoms with Crippen LogP contribution in [0.5, 0.6) is 23.0 Å². The predicted octanol–water partition coefficient (Wildman–Crippen LogP) is 5.10. The predicted molar refractivity (Wildman–Crippen MR) is 185 cm³/mol. The highest BCUT2D eigenvalue weighted by molar-refractivity contribution is 14.1. The van der Waals surface area contributed by atoms with Gasteiger partial charge in [-0.3, -0.25) is 5.43 Å². The van der Waals surface area contributed by atoms with Gasteiger partial charge >= 0.3 is 12.0 Å². The van der Waals surface area contributed by atoms with Crippen molar-refractivity contribution in [3.63, 3.8) is 0 Å². The second-order valence-corrected chi connectivity index (χ2v) is 11.6. The molecule has 0 spiro atoms. The number of benzene rings is 3. The number of allylic oxidation sites excluding steroid dienone is 1. The lowest BCUT2D eigenvalue weighted by Crippen LogP contribution is -2.45. The average Bonchev–Trinajstić information content (AvgIpc) is 3.04. The molecule has 12 nitrogen and oxygen atoms in total. The molecule has 2 atom stereocenters. The minimum Gasteiger partial charge on any atom is -0.490 e. The highest BCUT2D eigenvalue weighted by atomic mass is 127. The van der Waals surface area contributed by atoms with Crippen molar-refractivity contribution in [3.8, 4) is 23.0 Å². The van der Waals surface area contributed by atoms with E-state index in [1.165, 1.54) is 12.7 Å². The number of aliphatic hydroxyl groups excluding tert-OH is 1. The van der Waals surface area contributed by atoms with Gasteiger partial charge in [0.25, 0.3) is 0 Å². The van der Waals surface area contributed by atoms with Gasteiger partial charge in [0.1, 0.15) is 13.2 Å². The molecule has 0 aliphatic carbocycles. The molecule has 250 valence electrons. The molecule has 1 aliphatic heterocycles. The Morgan fingerprint density at radius 3 is 2.43 bits per heavy atom. The van der Waals surface area contributed by atoms with Crippen LogP contribution in [0.4, 0.5) is 4.79 Å². The molecule has 0 unspecified atom stereocenters. The van der Waals surface area contributed by atoms with Crippen LogP contribution in [0.15, 0.2) is 71.0 Å². The van der Waals surface area contributed by atoms with Gasteiger partial charge in [0, 0.05) is 5.70 Å². The van der Waals surface area contributed by atoms with Crippen molar-refractivity contribution < 1.29 is 38.4 Å². The third kappa shape index (κ3) is 9.51. The van der Waals surface area contributed by atoms with E-state index in [0.717, 1.165) is 14.7 Å². The number of hydrogen-bond donors (Lipinski definition) is 4. The first-order chi connectivity index (χ1) is 22.6. The van der Waals surface area contributed by atoms with E-state index in [-0.39, 0.29) is 12.2 Å². The first-order valence-electron chi connectivity index (χ1n) is 15.0. The van der Waals surface area contributed by atoms with Gasteiger partial charge in [0.2, 0.25) is 0 Å². The maximum absolute atomic E-state index is 12.5. The lowest BCUT2D eigenvalue weighted by molar-refractivity contribution is -0.136. The lowest BCUT2D eigenvalue weighted by Gasteiger charge is -2.28. The number of carbonyl (C=O) groups excluding carboxylic acids is 2. The minimum absolute atomic E-state index is 0.152. The zero-order chi connectivity index (χ0) is 33.9. The van der Waals surface area contributed by atoms with Gasteiger partial charge < -0.3 is 39.4 Å². The summed E-state index contributed by atoms with van der Waals surface area (Å²) in [6.07, 6.45) is 0.419. The van der Waals surface area contributed by atoms with Crippen molar-refractivity contribution in [1.29, 1.82) is 0 Å². The van der Waals surface area contributed by atoms with Crippen LogP contribution in [0.1, 0.15) is 49.1 Å². The van der Waals surface area contributed by atoms with Crippen molar-refractivity contribution in [2.24, 2.45) is 5.10 Å². The van der Waals surface area contributed by atoms with Crippen LogP contribution in [0, 0.1) is 10.5 Å².